The van der Waals surface area contributed by atoms with Gasteiger partial charge in [-0.3, -0.25) is 0 Å². The van der Waals surface area contributed by atoms with E-state index in [1.165, 1.54) is 32.1 Å². The molecule has 11 heavy (non-hydrogen) atoms. The molecule has 0 amide bonds. The average Bonchev–Trinajstić information content (AvgIpc) is 2.01. The Kier molecular flexibility index (Phi) is 8.53. The topological polar surface area (TPSA) is 0 Å². The molecule has 1 atom stereocenters. The van der Waals surface area contributed by atoms with E-state index >= 15 is 0 Å². The van der Waals surface area contributed by atoms with Gasteiger partial charge in [0.1, 0.15) is 9.55 Å². The minimum atomic E-state index is 0.778. The summed E-state index contributed by atoms with van der Waals surface area (Å²) < 4.78 is 0. The summed E-state index contributed by atoms with van der Waals surface area (Å²) in [5.41, 5.74) is 0. The number of halogens is 1. The van der Waals surface area contributed by atoms with Gasteiger partial charge in [0.05, 0.1) is 0 Å². The Bertz CT molecular complexity index is 102. The molecule has 1 unspecified atom stereocenters. The van der Waals surface area contributed by atoms with Crippen LogP contribution in [0.1, 0.15) is 39.0 Å². The van der Waals surface area contributed by atoms with Crippen LogP contribution in [0.4, 0.5) is 0 Å². The van der Waals surface area contributed by atoms with Crippen molar-refractivity contribution in [3.63, 3.8) is 0 Å². The standard InChI is InChI=1S/C9H16.ClH3Si/c1-9-7-5-3-2-4-6-8-9;1-2/h3,5,9H,2,4,6-8H2,1H3;2H3. The fourth-order valence-electron chi connectivity index (χ4n) is 1.32. The summed E-state index contributed by atoms with van der Waals surface area (Å²) in [4.78, 5) is 0. The number of hydrogen-bond acceptors (Lipinski definition) is 0. The molecule has 0 saturated heterocycles. The second-order valence-corrected chi connectivity index (χ2v) is 3.10. The second-order valence-electron chi connectivity index (χ2n) is 3.10. The van der Waals surface area contributed by atoms with Gasteiger partial charge in [0.25, 0.3) is 0 Å². The minimum Gasteiger partial charge on any atom is -0.181 e. The van der Waals surface area contributed by atoms with Crippen LogP contribution in [-0.2, 0) is 0 Å². The first-order valence-corrected chi connectivity index (χ1v) is 7.45. The first-order chi connectivity index (χ1) is 5.39. The molecule has 0 heterocycles. The van der Waals surface area contributed by atoms with Crippen LogP contribution >= 0.6 is 11.1 Å². The lowest BCUT2D eigenvalue weighted by Gasteiger charge is -2.09. The maximum absolute atomic E-state index is 4.78. The third kappa shape index (κ3) is 6.64. The van der Waals surface area contributed by atoms with Crippen LogP contribution in [0.5, 0.6) is 0 Å². The average molecular weight is 191 g/mol. The largest absolute Gasteiger partial charge is 0.181 e. The van der Waals surface area contributed by atoms with Crippen molar-refractivity contribution in [1.29, 1.82) is 0 Å². The number of allylic oxidation sites excluding steroid dienone is 2. The molecule has 0 aromatic rings. The van der Waals surface area contributed by atoms with Gasteiger partial charge in [0.2, 0.25) is 0 Å². The van der Waals surface area contributed by atoms with Gasteiger partial charge in [0.15, 0.2) is 0 Å². The molecule has 0 saturated carbocycles. The Morgan fingerprint density at radius 3 is 2.73 bits per heavy atom. The molecule has 1 rings (SSSR count). The van der Waals surface area contributed by atoms with Gasteiger partial charge in [-0.05, 0) is 25.2 Å². The zero-order valence-electron chi connectivity index (χ0n) is 7.65. The molecule has 66 valence electrons. The smallest absolute Gasteiger partial charge is 0.109 e. The van der Waals surface area contributed by atoms with Crippen molar-refractivity contribution in [3.05, 3.63) is 12.2 Å². The van der Waals surface area contributed by atoms with Gasteiger partial charge < -0.3 is 0 Å². The van der Waals surface area contributed by atoms with Crippen LogP contribution in [0.2, 0.25) is 0 Å². The van der Waals surface area contributed by atoms with E-state index in [0.717, 1.165) is 15.5 Å². The summed E-state index contributed by atoms with van der Waals surface area (Å²) in [5, 5.41) is 0. The van der Waals surface area contributed by atoms with Crippen LogP contribution in [0.15, 0.2) is 12.2 Å². The van der Waals surface area contributed by atoms with Crippen LogP contribution in [0.25, 0.3) is 0 Å². The maximum atomic E-state index is 4.78. The Labute approximate surface area is 78.1 Å². The van der Waals surface area contributed by atoms with E-state index in [2.05, 4.69) is 19.1 Å². The van der Waals surface area contributed by atoms with Crippen LogP contribution in [-0.4, -0.2) is 9.55 Å². The monoisotopic (exact) mass is 190 g/mol. The van der Waals surface area contributed by atoms with E-state index in [0.29, 0.717) is 0 Å². The molecule has 0 aromatic heterocycles. The molecular weight excluding hydrogens is 172 g/mol. The lowest BCUT2D eigenvalue weighted by molar-refractivity contribution is 0.495. The van der Waals surface area contributed by atoms with Crippen molar-refractivity contribution in [2.75, 3.05) is 0 Å². The van der Waals surface area contributed by atoms with Crippen LogP contribution in [0, 0.1) is 5.92 Å². The van der Waals surface area contributed by atoms with Crippen molar-refractivity contribution in [2.24, 2.45) is 5.92 Å². The van der Waals surface area contributed by atoms with Crippen molar-refractivity contribution in [3.8, 4) is 0 Å². The molecule has 1 aliphatic rings. The molecule has 0 nitrogen and oxygen atoms in total. The van der Waals surface area contributed by atoms with Crippen molar-refractivity contribution in [1.82, 2.24) is 0 Å². The number of hydrogen-bond donors (Lipinski definition) is 0. The van der Waals surface area contributed by atoms with E-state index in [1.807, 2.05) is 0 Å². The van der Waals surface area contributed by atoms with E-state index in [1.54, 1.807) is 0 Å². The van der Waals surface area contributed by atoms with E-state index in [9.17, 15) is 0 Å². The summed E-state index contributed by atoms with van der Waals surface area (Å²) in [7, 11) is 0.778. The van der Waals surface area contributed by atoms with Gasteiger partial charge in [-0.15, -0.1) is 0 Å². The summed E-state index contributed by atoms with van der Waals surface area (Å²) in [6, 6.07) is 0. The Hall–Kier alpha value is 0.247. The third-order valence-corrected chi connectivity index (χ3v) is 2.02. The van der Waals surface area contributed by atoms with Gasteiger partial charge in [-0.2, -0.15) is 11.1 Å². The minimum absolute atomic E-state index is 0.778. The number of rotatable bonds is 0. The van der Waals surface area contributed by atoms with Gasteiger partial charge >= 0.3 is 0 Å². The van der Waals surface area contributed by atoms with Crippen LogP contribution in [0.3, 0.4) is 0 Å². The molecule has 0 bridgehead atoms. The Balaban J connectivity index is 0.000000461. The highest BCUT2D eigenvalue weighted by atomic mass is 35.6. The first-order valence-electron chi connectivity index (χ1n) is 4.42. The molecule has 0 N–H and O–H groups in total. The SMILES string of the molecule is CC1CC=CCCCC1.[SiH3]Cl. The van der Waals surface area contributed by atoms with Gasteiger partial charge in [-0.25, -0.2) is 0 Å². The van der Waals surface area contributed by atoms with Gasteiger partial charge in [-0.1, -0.05) is 31.9 Å². The van der Waals surface area contributed by atoms with E-state index in [-0.39, 0.29) is 0 Å². The molecule has 2 heteroatoms. The summed E-state index contributed by atoms with van der Waals surface area (Å²) >= 11 is 4.78. The summed E-state index contributed by atoms with van der Waals surface area (Å²) in [6.45, 7) is 2.34. The van der Waals surface area contributed by atoms with Crippen molar-refractivity contribution < 1.29 is 0 Å². The zero-order chi connectivity index (χ0) is 8.53. The first kappa shape index (κ1) is 11.2. The molecule has 0 spiro atoms. The Morgan fingerprint density at radius 2 is 2.00 bits per heavy atom. The highest BCUT2D eigenvalue weighted by Gasteiger charge is 2.00. The van der Waals surface area contributed by atoms with Crippen LogP contribution < -0.4 is 0 Å². The van der Waals surface area contributed by atoms with Crippen molar-refractivity contribution >= 4 is 20.6 Å². The van der Waals surface area contributed by atoms with Crippen molar-refractivity contribution in [2.45, 2.75) is 39.0 Å². The van der Waals surface area contributed by atoms with Gasteiger partial charge in [0, 0.05) is 0 Å². The molecule has 0 radical (unpaired) electrons. The lowest BCUT2D eigenvalue weighted by atomic mass is 9.97. The molecule has 0 fully saturated rings. The third-order valence-electron chi connectivity index (χ3n) is 2.02. The second kappa shape index (κ2) is 8.34. The highest BCUT2D eigenvalue weighted by molar-refractivity contribution is 6.80. The zero-order valence-corrected chi connectivity index (χ0v) is 10.4. The molecular formula is C9H19ClSi. The van der Waals surface area contributed by atoms with E-state index in [4.69, 9.17) is 11.1 Å². The predicted octanol–water partition coefficient (Wildman–Crippen LogP) is 2.65. The summed E-state index contributed by atoms with van der Waals surface area (Å²) in [6.07, 6.45) is 11.6. The predicted molar refractivity (Wildman–Crippen MR) is 57.2 cm³/mol. The lowest BCUT2D eigenvalue weighted by Crippen LogP contribution is -1.94. The fraction of sp³-hybridized carbons (Fsp3) is 0.778. The molecule has 0 aromatic carbocycles. The normalized spacial score (nSPS) is 24.7. The molecule has 1 aliphatic carbocycles. The maximum Gasteiger partial charge on any atom is 0.109 e. The highest BCUT2D eigenvalue weighted by Crippen LogP contribution is 2.16. The summed E-state index contributed by atoms with van der Waals surface area (Å²) in [5.74, 6) is 0.932. The fourth-order valence-corrected chi connectivity index (χ4v) is 1.32. The molecule has 0 aliphatic heterocycles. The quantitative estimate of drug-likeness (QED) is 0.313. The Morgan fingerprint density at radius 1 is 1.27 bits per heavy atom. The van der Waals surface area contributed by atoms with E-state index < -0.39 is 0 Å².